The highest BCUT2D eigenvalue weighted by atomic mass is 32.1. The van der Waals surface area contributed by atoms with Crippen LogP contribution in [0, 0.1) is 5.92 Å². The van der Waals surface area contributed by atoms with Gasteiger partial charge in [0.1, 0.15) is 40.5 Å². The number of fused-ring (bicyclic) bond motifs is 3. The third-order valence-corrected chi connectivity index (χ3v) is 21.8. The molecule has 2 atom stereocenters. The van der Waals surface area contributed by atoms with E-state index in [1.165, 1.54) is 42.5 Å². The predicted octanol–water partition coefficient (Wildman–Crippen LogP) is 7.39. The predicted molar refractivity (Wildman–Crippen MR) is 556 cm³/mol. The molecule has 0 saturated heterocycles. The fourth-order valence-electron chi connectivity index (χ4n) is 14.0. The summed E-state index contributed by atoms with van der Waals surface area (Å²) >= 11 is 4.51. The van der Waals surface area contributed by atoms with Gasteiger partial charge in [0.05, 0.1) is 301 Å². The number of nitrogens with zero attached hydrogens (tertiary/aromatic N) is 1. The highest BCUT2D eigenvalue weighted by molar-refractivity contribution is 7.78. The fourth-order valence-corrected chi connectivity index (χ4v) is 14.1. The number of ketones is 3. The molecular weight excluding hydrogens is 1960 g/mol. The molecular formula is C106H159N7O35S. The number of nitrogens with two attached hydrogens (primary N) is 1. The third-order valence-electron chi connectivity index (χ3n) is 21.7. The average molecular weight is 2120 g/mol. The summed E-state index contributed by atoms with van der Waals surface area (Å²) in [5.41, 5.74) is 7.49. The number of carbonyl (C=O) groups excluding carboxylic acids is 8. The number of thiocarbonyl (C=S) groups is 1. The van der Waals surface area contributed by atoms with E-state index in [4.69, 9.17) is 114 Å². The quantitative estimate of drug-likeness (QED) is 0.00798. The lowest BCUT2D eigenvalue weighted by molar-refractivity contribution is -0.129. The van der Waals surface area contributed by atoms with Crippen LogP contribution in [-0.4, -0.2) is 405 Å². The Morgan fingerprint density at radius 3 is 1.34 bits per heavy atom. The van der Waals surface area contributed by atoms with Crippen molar-refractivity contribution >= 4 is 92.0 Å². The van der Waals surface area contributed by atoms with Crippen molar-refractivity contribution in [3.8, 4) is 28.2 Å². The molecule has 0 spiro atoms. The van der Waals surface area contributed by atoms with E-state index in [0.29, 0.717) is 338 Å². The number of nitrogens with one attached hydrogen (secondary N) is 5. The first kappa shape index (κ1) is 130. The van der Waals surface area contributed by atoms with Crippen molar-refractivity contribution in [3.63, 3.8) is 0 Å². The van der Waals surface area contributed by atoms with Crippen LogP contribution in [0.3, 0.4) is 0 Å². The van der Waals surface area contributed by atoms with E-state index in [9.17, 15) is 58.2 Å². The number of carbonyl (C=O) groups is 9. The van der Waals surface area contributed by atoms with Gasteiger partial charge in [0.2, 0.25) is 23.6 Å². The maximum atomic E-state index is 13.4. The van der Waals surface area contributed by atoms with Crippen LogP contribution in [0.4, 0.5) is 0 Å². The van der Waals surface area contributed by atoms with Crippen molar-refractivity contribution < 1.29 is 162 Å². The number of rotatable bonds is 99. The topological polar surface area (TPSA) is 526 Å². The highest BCUT2D eigenvalue weighted by Crippen LogP contribution is 2.42. The number of carboxylic acids is 1. The Hall–Kier alpha value is -9.66. The number of aromatic carboxylic acids is 1. The third kappa shape index (κ3) is 66.7. The molecule has 6 rings (SSSR count). The number of phenolic OH excluding ortho intramolecular Hbond substituents is 1. The molecule has 1 heterocycles. The molecule has 43 heteroatoms. The first-order chi connectivity index (χ1) is 72.9. The Labute approximate surface area is 878 Å². The second kappa shape index (κ2) is 88.9. The van der Waals surface area contributed by atoms with E-state index in [-0.39, 0.29) is 147 Å². The Morgan fingerprint density at radius 2 is 0.852 bits per heavy atom. The molecule has 9 N–H and O–H groups in total. The molecule has 5 amide bonds. The standard InChI is InChI=1S/C71H119N3O25S.C35H40N4O10/c1-63(75)13-20-81-26-32-87-39-44-93-48-52-97-56-55-96-51-47-92-43-37-86-31-25-80-19-6-10-68(76)14-21-82-27-33-88-40-45-94-49-53-98-57-58-99-54-50-95-46-42-91-36-30-85-24-18-74-71(79)67(61-69(77)60-64-11-12-65-7-2-3-8-66(65)59-64)9-4-5-16-73-70(78)15-22-83-28-34-89-38-41-90-35-29-84-23-17-72-62-100;1-37-12-3-2-4-28(33(36)43)39-31(42)11-14-47-16-17-48-15-13-38-34(44)21-5-8-24(27(18-21)35(45)46)32-25-9-6-22(40)19-29(25)49-30-20-23(41)7-10-26(30)32/h2-3,7-8,11-12,59,67H,4-6,9-10,13-58,60-61H2,1H3,(H,73,78)(H,74,79);5-10,18-20,28,37,40H,2-4,11-17H2,1H3,(H2,36,43)(H,38,44)(H,39,42)(H,45,46). The van der Waals surface area contributed by atoms with E-state index in [1.807, 2.05) is 49.5 Å². The van der Waals surface area contributed by atoms with Crippen LogP contribution in [0.15, 0.2) is 111 Å². The number of hydrogen-bond acceptors (Lipinski definition) is 37. The summed E-state index contributed by atoms with van der Waals surface area (Å²) in [4.78, 5) is 127. The van der Waals surface area contributed by atoms with Crippen LogP contribution >= 0.6 is 12.2 Å². The van der Waals surface area contributed by atoms with Crippen LogP contribution in [0.1, 0.15) is 117 Å². The Kier molecular flexibility index (Phi) is 77.4. The van der Waals surface area contributed by atoms with Crippen LogP contribution in [0.5, 0.6) is 5.75 Å². The normalized spacial score (nSPS) is 11.7. The van der Waals surface area contributed by atoms with Gasteiger partial charge in [0.25, 0.3) is 5.91 Å². The average Bonchev–Trinajstić information content (AvgIpc) is 0.745. The summed E-state index contributed by atoms with van der Waals surface area (Å²) in [6.07, 6.45) is 6.38. The molecule has 0 aromatic heterocycles. The molecule has 1 aliphatic heterocycles. The van der Waals surface area contributed by atoms with Crippen molar-refractivity contribution in [2.75, 3.05) is 330 Å². The van der Waals surface area contributed by atoms with Gasteiger partial charge in [-0.15, -0.1) is 0 Å². The number of Topliss-reactive ketones (excluding diaryl/α,β-unsaturated/α-hetero) is 3. The molecule has 0 radical (unpaired) electrons. The van der Waals surface area contributed by atoms with Gasteiger partial charge < -0.3 is 151 Å². The zero-order valence-electron chi connectivity index (χ0n) is 86.7. The van der Waals surface area contributed by atoms with Gasteiger partial charge in [-0.1, -0.05) is 55.0 Å². The molecule has 834 valence electrons. The van der Waals surface area contributed by atoms with Gasteiger partial charge in [-0.3, -0.25) is 43.2 Å². The zero-order chi connectivity index (χ0) is 107. The summed E-state index contributed by atoms with van der Waals surface area (Å²) in [5, 5.41) is 39.3. The van der Waals surface area contributed by atoms with Gasteiger partial charge in [0.15, 0.2) is 5.43 Å². The number of aliphatic imine (C=N–C) groups is 1. The minimum Gasteiger partial charge on any atom is -0.508 e. The molecule has 2 aliphatic rings. The smallest absolute Gasteiger partial charge is 0.336 e. The Bertz CT molecular complexity index is 4690. The number of phenols is 1. The van der Waals surface area contributed by atoms with E-state index >= 15 is 0 Å². The molecule has 4 aromatic rings. The fraction of sp³-hybridized carbons (Fsp3) is 0.632. The maximum Gasteiger partial charge on any atom is 0.336 e. The van der Waals surface area contributed by atoms with Gasteiger partial charge >= 0.3 is 5.97 Å². The van der Waals surface area contributed by atoms with E-state index in [2.05, 4.69) is 49.0 Å². The summed E-state index contributed by atoms with van der Waals surface area (Å²) in [6, 6.07) is 26.2. The monoisotopic (exact) mass is 2120 g/mol. The Balaban J connectivity index is 0.000000658. The van der Waals surface area contributed by atoms with Crippen molar-refractivity contribution in [2.45, 2.75) is 103 Å². The van der Waals surface area contributed by atoms with Gasteiger partial charge in [-0.05, 0) is 130 Å². The van der Waals surface area contributed by atoms with Gasteiger partial charge in [0, 0.05) is 111 Å². The molecule has 0 bridgehead atoms. The molecule has 0 fully saturated rings. The molecule has 149 heavy (non-hydrogen) atoms. The first-order valence-electron chi connectivity index (χ1n) is 51.2. The summed E-state index contributed by atoms with van der Waals surface area (Å²) in [5.74, 6) is -3.13. The van der Waals surface area contributed by atoms with E-state index < -0.39 is 29.7 Å². The molecule has 2 unspecified atom stereocenters. The summed E-state index contributed by atoms with van der Waals surface area (Å²) in [7, 11) is 1.84. The summed E-state index contributed by atoms with van der Waals surface area (Å²) in [6.45, 7) is 21.6. The number of isothiocyanates is 1. The Morgan fingerprint density at radius 1 is 0.409 bits per heavy atom. The maximum absolute atomic E-state index is 13.4. The number of amides is 5. The first-order valence-corrected chi connectivity index (χ1v) is 51.7. The molecule has 4 aromatic carbocycles. The number of unbranched alkanes of at least 4 members (excludes halogenated alkanes) is 2. The second-order valence-corrected chi connectivity index (χ2v) is 33.7. The lowest BCUT2D eigenvalue weighted by atomic mass is 9.90. The molecule has 42 nitrogen and oxygen atoms in total. The lowest BCUT2D eigenvalue weighted by Crippen LogP contribution is -2.44. The largest absolute Gasteiger partial charge is 0.508 e. The molecule has 1 aliphatic carbocycles. The minimum atomic E-state index is -1.26. The number of benzene rings is 5. The SMILES string of the molecule is CC(=O)CCOCCOCCOCCOCCOCCOCCOCCOCCCC(=O)CCOCCOCCOCCOCCOCCOCCOCCOCCNC(=O)C(CCCCNC(=O)CCOCCOCCOCCOCCN=C=S)CC(=O)Cc1ccc2ccccc2c1.CNCCCCC(NC(=O)CCOCCOCCNC(=O)c1ccc(-c2c3ccc(=O)cc-3oc3cc(O)ccc23)c(C(=O)O)c1)C(N)=O. The van der Waals surface area contributed by atoms with Crippen molar-refractivity contribution in [1.82, 2.24) is 26.6 Å². The van der Waals surface area contributed by atoms with Crippen LogP contribution in [0.2, 0.25) is 0 Å². The number of carboxylic acid groups (broad SMARTS) is 1. The second-order valence-electron chi connectivity index (χ2n) is 33.5. The lowest BCUT2D eigenvalue weighted by Gasteiger charge is -2.17. The van der Waals surface area contributed by atoms with Crippen molar-refractivity contribution in [3.05, 3.63) is 124 Å². The van der Waals surface area contributed by atoms with Crippen molar-refractivity contribution in [1.29, 1.82) is 0 Å². The van der Waals surface area contributed by atoms with Crippen LogP contribution < -0.4 is 37.7 Å². The number of aromatic hydroxyl groups is 1. The van der Waals surface area contributed by atoms with Crippen molar-refractivity contribution in [2.24, 2.45) is 16.6 Å². The highest BCUT2D eigenvalue weighted by Gasteiger charge is 2.26. The number of hydrogen-bond donors (Lipinski definition) is 8. The van der Waals surface area contributed by atoms with Gasteiger partial charge in [-0.25, -0.2) is 9.79 Å². The van der Waals surface area contributed by atoms with E-state index in [1.54, 1.807) is 19.1 Å². The van der Waals surface area contributed by atoms with Crippen LogP contribution in [0.25, 0.3) is 44.2 Å². The van der Waals surface area contributed by atoms with E-state index in [0.717, 1.165) is 35.7 Å². The minimum absolute atomic E-state index is 0.0130. The number of primary amides is 1. The molecule has 0 saturated carbocycles. The van der Waals surface area contributed by atoms with Crippen LogP contribution in [-0.2, 0) is 144 Å². The zero-order valence-corrected chi connectivity index (χ0v) is 87.6. The summed E-state index contributed by atoms with van der Waals surface area (Å²) < 4.78 is 127. The van der Waals surface area contributed by atoms with Gasteiger partial charge in [-0.2, -0.15) is 0 Å². The number of ether oxygens (including phenoxy) is 22.